The molecule has 150 valence electrons. The number of nitrogens with two attached hydrogens (primary N) is 2. The lowest BCUT2D eigenvalue weighted by molar-refractivity contribution is 0.0989. The second-order valence-corrected chi connectivity index (χ2v) is 7.64. The molecule has 1 aliphatic heterocycles. The number of carbonyl (C=O) groups excluding carboxylic acids is 1. The van der Waals surface area contributed by atoms with Gasteiger partial charge in [0.05, 0.1) is 5.69 Å². The Hall–Kier alpha value is -2.47. The predicted octanol–water partition coefficient (Wildman–Crippen LogP) is 3.32. The van der Waals surface area contributed by atoms with E-state index in [0.29, 0.717) is 17.3 Å². The molecule has 3 heterocycles. The zero-order chi connectivity index (χ0) is 20.1. The maximum atomic E-state index is 13.1. The van der Waals surface area contributed by atoms with Crippen molar-refractivity contribution in [1.29, 1.82) is 0 Å². The lowest BCUT2D eigenvalue weighted by Crippen LogP contribution is -2.43. The highest BCUT2D eigenvalue weighted by atomic mass is 16.1. The Kier molecular flexibility index (Phi) is 6.62. The molecule has 0 spiro atoms. The summed E-state index contributed by atoms with van der Waals surface area (Å²) >= 11 is 0. The van der Waals surface area contributed by atoms with E-state index in [2.05, 4.69) is 28.7 Å². The van der Waals surface area contributed by atoms with E-state index < -0.39 is 0 Å². The summed E-state index contributed by atoms with van der Waals surface area (Å²) in [6.07, 6.45) is 7.85. The summed E-state index contributed by atoms with van der Waals surface area (Å²) in [6.45, 7) is 6.02. The Morgan fingerprint density at radius 1 is 1.29 bits per heavy atom. The minimum atomic E-state index is -0.0686. The van der Waals surface area contributed by atoms with E-state index in [1.165, 1.54) is 0 Å². The number of ketones is 1. The molecular formula is C22H31N5O. The zero-order valence-electron chi connectivity index (χ0n) is 16.9. The Morgan fingerprint density at radius 2 is 2.07 bits per heavy atom. The molecule has 0 bridgehead atoms. The summed E-state index contributed by atoms with van der Waals surface area (Å²) in [5, 5.41) is 0. The van der Waals surface area contributed by atoms with Gasteiger partial charge in [-0.15, -0.1) is 0 Å². The minimum Gasteiger partial charge on any atom is -0.397 e. The number of nitrogens with zero attached hydrogens (tertiary/aromatic N) is 3. The lowest BCUT2D eigenvalue weighted by Gasteiger charge is -2.33. The van der Waals surface area contributed by atoms with E-state index in [4.69, 9.17) is 11.5 Å². The fourth-order valence-electron chi connectivity index (χ4n) is 3.99. The van der Waals surface area contributed by atoms with E-state index in [1.807, 2.05) is 18.2 Å². The molecule has 0 saturated carbocycles. The van der Waals surface area contributed by atoms with Gasteiger partial charge >= 0.3 is 0 Å². The number of Topliss-reactive ketones (excluding diaryl/α,β-unsaturated/α-hetero) is 1. The molecule has 2 aromatic rings. The van der Waals surface area contributed by atoms with Crippen LogP contribution in [0.3, 0.4) is 0 Å². The summed E-state index contributed by atoms with van der Waals surface area (Å²) in [7, 11) is 0. The molecule has 6 heteroatoms. The van der Waals surface area contributed by atoms with Crippen LogP contribution >= 0.6 is 0 Å². The molecule has 0 radical (unpaired) electrons. The molecule has 0 aliphatic carbocycles. The van der Waals surface area contributed by atoms with Gasteiger partial charge in [0.15, 0.2) is 5.78 Å². The molecule has 0 amide bonds. The van der Waals surface area contributed by atoms with E-state index in [-0.39, 0.29) is 18.2 Å². The molecule has 1 atom stereocenters. The van der Waals surface area contributed by atoms with Crippen molar-refractivity contribution in [2.24, 2.45) is 5.73 Å². The van der Waals surface area contributed by atoms with Crippen molar-refractivity contribution in [2.75, 3.05) is 23.7 Å². The third kappa shape index (κ3) is 4.50. The Balaban J connectivity index is 1.85. The third-order valence-electron chi connectivity index (χ3n) is 5.64. The lowest BCUT2D eigenvalue weighted by atomic mass is 9.97. The highest BCUT2D eigenvalue weighted by molar-refractivity contribution is 6.00. The average molecular weight is 382 g/mol. The first-order chi connectivity index (χ1) is 13.5. The summed E-state index contributed by atoms with van der Waals surface area (Å²) in [5.74, 6) is 0.275. The SMILES string of the molecule is CCC(CC)c1ccc(N)c(C(=O)Cc2cnccc2N2CCC[C@H](N)C2)n1. The molecule has 0 aromatic carbocycles. The molecule has 1 fully saturated rings. The molecule has 0 unspecified atom stereocenters. The number of pyridine rings is 2. The van der Waals surface area contributed by atoms with Crippen molar-refractivity contribution in [2.45, 2.75) is 57.9 Å². The van der Waals surface area contributed by atoms with Crippen molar-refractivity contribution in [1.82, 2.24) is 9.97 Å². The van der Waals surface area contributed by atoms with Crippen LogP contribution in [0.5, 0.6) is 0 Å². The van der Waals surface area contributed by atoms with Gasteiger partial charge in [0, 0.05) is 60.8 Å². The number of hydrogen-bond donors (Lipinski definition) is 2. The van der Waals surface area contributed by atoms with Gasteiger partial charge in [-0.3, -0.25) is 9.78 Å². The fraction of sp³-hybridized carbons (Fsp3) is 0.500. The van der Waals surface area contributed by atoms with Gasteiger partial charge in [-0.25, -0.2) is 4.98 Å². The molecule has 3 rings (SSSR count). The van der Waals surface area contributed by atoms with Crippen molar-refractivity contribution in [3.05, 3.63) is 47.5 Å². The molecule has 4 N–H and O–H groups in total. The Morgan fingerprint density at radius 3 is 2.79 bits per heavy atom. The highest BCUT2D eigenvalue weighted by Gasteiger charge is 2.22. The van der Waals surface area contributed by atoms with E-state index >= 15 is 0 Å². The van der Waals surface area contributed by atoms with Gasteiger partial charge in [-0.2, -0.15) is 0 Å². The Labute approximate surface area is 167 Å². The predicted molar refractivity (Wildman–Crippen MR) is 114 cm³/mol. The van der Waals surface area contributed by atoms with Gasteiger partial charge in [-0.05, 0) is 43.9 Å². The maximum Gasteiger partial charge on any atom is 0.187 e. The van der Waals surface area contributed by atoms with Crippen LogP contribution in [0.1, 0.15) is 67.2 Å². The molecule has 1 aliphatic rings. The van der Waals surface area contributed by atoms with Crippen LogP contribution in [0, 0.1) is 0 Å². The number of aromatic nitrogens is 2. The van der Waals surface area contributed by atoms with E-state index in [9.17, 15) is 4.79 Å². The fourth-order valence-corrected chi connectivity index (χ4v) is 3.99. The van der Waals surface area contributed by atoms with Gasteiger partial charge in [-0.1, -0.05) is 13.8 Å². The van der Waals surface area contributed by atoms with Crippen LogP contribution in [-0.2, 0) is 6.42 Å². The molecule has 1 saturated heterocycles. The number of anilines is 2. The maximum absolute atomic E-state index is 13.1. The standard InChI is InChI=1S/C22H31N5O/c1-3-15(4-2)19-8-7-18(24)22(26-19)21(28)12-16-13-25-10-9-20(16)27-11-5-6-17(23)14-27/h7-10,13,15,17H,3-6,11-12,14,23-24H2,1-2H3/t17-/m0/s1. The highest BCUT2D eigenvalue weighted by Crippen LogP contribution is 2.27. The van der Waals surface area contributed by atoms with Crippen LogP contribution in [0.15, 0.2) is 30.6 Å². The van der Waals surface area contributed by atoms with E-state index in [1.54, 1.807) is 12.4 Å². The second-order valence-electron chi connectivity index (χ2n) is 7.64. The quantitative estimate of drug-likeness (QED) is 0.714. The van der Waals surface area contributed by atoms with Crippen molar-refractivity contribution >= 4 is 17.2 Å². The van der Waals surface area contributed by atoms with Crippen LogP contribution in [0.25, 0.3) is 0 Å². The second kappa shape index (κ2) is 9.15. The van der Waals surface area contributed by atoms with Crippen LogP contribution in [0.4, 0.5) is 11.4 Å². The van der Waals surface area contributed by atoms with E-state index in [0.717, 1.165) is 55.7 Å². The van der Waals surface area contributed by atoms with Crippen molar-refractivity contribution in [3.8, 4) is 0 Å². The summed E-state index contributed by atoms with van der Waals surface area (Å²) in [4.78, 5) is 24.2. The smallest absolute Gasteiger partial charge is 0.187 e. The number of hydrogen-bond acceptors (Lipinski definition) is 6. The summed E-state index contributed by atoms with van der Waals surface area (Å²) in [5.41, 5.74) is 15.9. The van der Waals surface area contributed by atoms with Crippen molar-refractivity contribution in [3.63, 3.8) is 0 Å². The topological polar surface area (TPSA) is 98.1 Å². The Bertz CT molecular complexity index is 818. The number of piperidine rings is 1. The van der Waals surface area contributed by atoms with Gasteiger partial charge < -0.3 is 16.4 Å². The third-order valence-corrected chi connectivity index (χ3v) is 5.64. The first-order valence-corrected chi connectivity index (χ1v) is 10.3. The number of carbonyl (C=O) groups is 1. The van der Waals surface area contributed by atoms with Gasteiger partial charge in [0.1, 0.15) is 5.69 Å². The largest absolute Gasteiger partial charge is 0.397 e. The zero-order valence-corrected chi connectivity index (χ0v) is 16.9. The summed E-state index contributed by atoms with van der Waals surface area (Å²) in [6, 6.07) is 5.88. The molecular weight excluding hydrogens is 350 g/mol. The average Bonchev–Trinajstić information content (AvgIpc) is 2.70. The first-order valence-electron chi connectivity index (χ1n) is 10.3. The van der Waals surface area contributed by atoms with Crippen LogP contribution < -0.4 is 16.4 Å². The number of nitrogen functional groups attached to an aromatic ring is 1. The monoisotopic (exact) mass is 381 g/mol. The van der Waals surface area contributed by atoms with Gasteiger partial charge in [0.25, 0.3) is 0 Å². The molecule has 6 nitrogen and oxygen atoms in total. The van der Waals surface area contributed by atoms with Crippen molar-refractivity contribution < 1.29 is 4.79 Å². The first kappa shape index (κ1) is 20.3. The molecule has 2 aromatic heterocycles. The summed E-state index contributed by atoms with van der Waals surface area (Å²) < 4.78 is 0. The number of rotatable bonds is 7. The normalized spacial score (nSPS) is 17.1. The minimum absolute atomic E-state index is 0.0686. The molecule has 28 heavy (non-hydrogen) atoms. The van der Waals surface area contributed by atoms with Crippen LogP contribution in [0.2, 0.25) is 0 Å². The van der Waals surface area contributed by atoms with Gasteiger partial charge in [0.2, 0.25) is 0 Å². The van der Waals surface area contributed by atoms with Crippen LogP contribution in [-0.4, -0.2) is 34.9 Å².